The predicted octanol–water partition coefficient (Wildman–Crippen LogP) is 5.15. The van der Waals surface area contributed by atoms with Crippen LogP contribution in [0.25, 0.3) is 22.2 Å². The fourth-order valence-electron chi connectivity index (χ4n) is 4.09. The van der Waals surface area contributed by atoms with E-state index in [2.05, 4.69) is 20.3 Å². The Balaban J connectivity index is 1.64. The van der Waals surface area contributed by atoms with Crippen LogP contribution in [-0.2, 0) is 10.9 Å². The van der Waals surface area contributed by atoms with E-state index in [4.69, 9.17) is 4.74 Å². The summed E-state index contributed by atoms with van der Waals surface area (Å²) in [5.74, 6) is -1.16. The average Bonchev–Trinajstić information content (AvgIpc) is 3.20. The van der Waals surface area contributed by atoms with Crippen molar-refractivity contribution in [3.8, 4) is 11.3 Å². The van der Waals surface area contributed by atoms with Gasteiger partial charge in [0.1, 0.15) is 11.2 Å². The van der Waals surface area contributed by atoms with Gasteiger partial charge in [-0.15, -0.1) is 0 Å². The Bertz CT molecular complexity index is 1300. The number of nitrogens with zero attached hydrogens (tertiary/aromatic N) is 3. The van der Waals surface area contributed by atoms with Crippen molar-refractivity contribution in [3.05, 3.63) is 41.7 Å². The van der Waals surface area contributed by atoms with Crippen molar-refractivity contribution < 1.29 is 32.6 Å². The number of ether oxygens (including phenoxy) is 1. The number of aromatic amines is 1. The number of halogens is 3. The zero-order valence-corrected chi connectivity index (χ0v) is 19.9. The van der Waals surface area contributed by atoms with Crippen LogP contribution in [0.4, 0.5) is 23.9 Å². The first-order valence-electron chi connectivity index (χ1n) is 11.4. The number of piperidine rings is 1. The maximum Gasteiger partial charge on any atom is 0.419 e. The van der Waals surface area contributed by atoms with E-state index in [9.17, 15) is 27.9 Å². The van der Waals surface area contributed by atoms with Crippen LogP contribution in [0.2, 0.25) is 0 Å². The largest absolute Gasteiger partial charge is 0.478 e. The number of carbonyl (C=O) groups is 2. The van der Waals surface area contributed by atoms with Gasteiger partial charge in [-0.2, -0.15) is 13.2 Å². The SMILES string of the molecule is CC(C)(C)OC(=O)N1CCC[C@H](Nc2ncc(C(F)(F)F)c(-c3c[nH]c4cc(C(=O)O)ccc34)n2)C1. The molecule has 0 aliphatic carbocycles. The number of benzene rings is 1. The number of amides is 1. The number of H-pyrrole nitrogens is 1. The lowest BCUT2D eigenvalue weighted by Crippen LogP contribution is -2.47. The van der Waals surface area contributed by atoms with Gasteiger partial charge in [-0.1, -0.05) is 6.07 Å². The van der Waals surface area contributed by atoms with Crippen LogP contribution < -0.4 is 5.32 Å². The highest BCUT2D eigenvalue weighted by molar-refractivity contribution is 5.99. The highest BCUT2D eigenvalue weighted by Crippen LogP contribution is 2.39. The normalized spacial score (nSPS) is 16.7. The molecule has 12 heteroatoms. The summed E-state index contributed by atoms with van der Waals surface area (Å²) >= 11 is 0. The molecular weight excluding hydrogens is 479 g/mol. The third-order valence-electron chi connectivity index (χ3n) is 5.68. The minimum Gasteiger partial charge on any atom is -0.478 e. The molecule has 1 atom stereocenters. The van der Waals surface area contributed by atoms with Crippen LogP contribution in [0.5, 0.6) is 0 Å². The monoisotopic (exact) mass is 505 g/mol. The molecule has 0 bridgehead atoms. The molecule has 1 fully saturated rings. The first kappa shape index (κ1) is 25.3. The van der Waals surface area contributed by atoms with Crippen molar-refractivity contribution in [2.45, 2.75) is 51.4 Å². The van der Waals surface area contributed by atoms with Gasteiger partial charge in [-0.05, 0) is 45.7 Å². The van der Waals surface area contributed by atoms with Crippen molar-refractivity contribution in [2.75, 3.05) is 18.4 Å². The van der Waals surface area contributed by atoms with Crippen molar-refractivity contribution >= 4 is 28.9 Å². The minimum atomic E-state index is -4.71. The van der Waals surface area contributed by atoms with E-state index in [-0.39, 0.29) is 28.8 Å². The number of alkyl halides is 3. The van der Waals surface area contributed by atoms with Gasteiger partial charge < -0.3 is 25.0 Å². The molecule has 2 aromatic heterocycles. The Morgan fingerprint density at radius 1 is 1.25 bits per heavy atom. The van der Waals surface area contributed by atoms with Gasteiger partial charge in [-0.3, -0.25) is 0 Å². The lowest BCUT2D eigenvalue weighted by Gasteiger charge is -2.34. The summed E-state index contributed by atoms with van der Waals surface area (Å²) in [7, 11) is 0. The number of aromatic nitrogens is 3. The van der Waals surface area contributed by atoms with E-state index >= 15 is 0 Å². The fraction of sp³-hybridized carbons (Fsp3) is 0.417. The smallest absolute Gasteiger partial charge is 0.419 e. The Kier molecular flexibility index (Phi) is 6.54. The highest BCUT2D eigenvalue weighted by Gasteiger charge is 2.36. The molecule has 36 heavy (non-hydrogen) atoms. The number of likely N-dealkylation sites (tertiary alicyclic amines) is 1. The second kappa shape index (κ2) is 9.32. The fourth-order valence-corrected chi connectivity index (χ4v) is 4.09. The molecule has 0 radical (unpaired) electrons. The first-order chi connectivity index (χ1) is 16.8. The Hall–Kier alpha value is -3.83. The van der Waals surface area contributed by atoms with Gasteiger partial charge in [0.2, 0.25) is 5.95 Å². The van der Waals surface area contributed by atoms with Crippen molar-refractivity contribution in [2.24, 2.45) is 0 Å². The van der Waals surface area contributed by atoms with Crippen LogP contribution in [-0.4, -0.2) is 61.8 Å². The van der Waals surface area contributed by atoms with Crippen LogP contribution in [0.1, 0.15) is 49.5 Å². The van der Waals surface area contributed by atoms with Gasteiger partial charge >= 0.3 is 18.2 Å². The molecule has 1 aliphatic heterocycles. The molecular formula is C24H26F3N5O4. The van der Waals surface area contributed by atoms with Crippen molar-refractivity contribution in [1.29, 1.82) is 0 Å². The van der Waals surface area contributed by atoms with Gasteiger partial charge in [0.15, 0.2) is 0 Å². The highest BCUT2D eigenvalue weighted by atomic mass is 19.4. The molecule has 9 nitrogen and oxygen atoms in total. The third kappa shape index (κ3) is 5.52. The molecule has 0 spiro atoms. The van der Waals surface area contributed by atoms with E-state index in [0.717, 1.165) is 6.20 Å². The summed E-state index contributed by atoms with van der Waals surface area (Å²) in [6.45, 7) is 6.12. The third-order valence-corrected chi connectivity index (χ3v) is 5.68. The second-order valence-electron chi connectivity index (χ2n) is 9.63. The molecule has 192 valence electrons. The number of carbonyl (C=O) groups excluding carboxylic acids is 1. The number of nitrogens with one attached hydrogen (secondary N) is 2. The number of hydrogen-bond acceptors (Lipinski definition) is 6. The summed E-state index contributed by atoms with van der Waals surface area (Å²) < 4.78 is 46.9. The van der Waals surface area contributed by atoms with E-state index in [1.54, 1.807) is 25.7 Å². The lowest BCUT2D eigenvalue weighted by atomic mass is 10.0. The van der Waals surface area contributed by atoms with Gasteiger partial charge in [0.25, 0.3) is 0 Å². The average molecular weight is 505 g/mol. The number of aromatic carboxylic acids is 1. The van der Waals surface area contributed by atoms with E-state index in [1.165, 1.54) is 24.4 Å². The molecule has 1 saturated heterocycles. The molecule has 3 heterocycles. The van der Waals surface area contributed by atoms with Crippen molar-refractivity contribution in [3.63, 3.8) is 0 Å². The standard InChI is InChI=1S/C24H26F3N5O4/c1-23(2,3)36-22(35)32-8-4-5-14(12-32)30-21-29-11-17(24(25,26)27)19(31-21)16-10-28-18-9-13(20(33)34)6-7-15(16)18/h6-7,9-11,14,28H,4-5,8,12H2,1-3H3,(H,33,34)(H,29,30,31)/t14-/m0/s1. The molecule has 0 saturated carbocycles. The van der Waals surface area contributed by atoms with Gasteiger partial charge in [0, 0.05) is 48.0 Å². The number of fused-ring (bicyclic) bond motifs is 1. The Morgan fingerprint density at radius 3 is 2.67 bits per heavy atom. The maximum atomic E-state index is 13.8. The number of rotatable bonds is 4. The van der Waals surface area contributed by atoms with E-state index < -0.39 is 29.4 Å². The summed E-state index contributed by atoms with van der Waals surface area (Å²) in [6, 6.07) is 3.84. The minimum absolute atomic E-state index is 0.00354. The number of carboxylic acid groups (broad SMARTS) is 1. The Labute approximate surface area is 204 Å². The number of carboxylic acids is 1. The quantitative estimate of drug-likeness (QED) is 0.448. The maximum absolute atomic E-state index is 13.8. The van der Waals surface area contributed by atoms with Gasteiger partial charge in [-0.25, -0.2) is 19.6 Å². The molecule has 3 aromatic rings. The molecule has 3 N–H and O–H groups in total. The van der Waals surface area contributed by atoms with Crippen LogP contribution in [0.15, 0.2) is 30.6 Å². The number of hydrogen-bond donors (Lipinski definition) is 3. The predicted molar refractivity (Wildman–Crippen MR) is 126 cm³/mol. The van der Waals surface area contributed by atoms with Crippen molar-refractivity contribution in [1.82, 2.24) is 19.9 Å². The topological polar surface area (TPSA) is 120 Å². The lowest BCUT2D eigenvalue weighted by molar-refractivity contribution is -0.137. The molecule has 1 aromatic carbocycles. The molecule has 0 unspecified atom stereocenters. The van der Waals surface area contributed by atoms with Crippen LogP contribution in [0.3, 0.4) is 0 Å². The van der Waals surface area contributed by atoms with Crippen LogP contribution in [0, 0.1) is 0 Å². The summed E-state index contributed by atoms with van der Waals surface area (Å²) in [5, 5.41) is 12.6. The van der Waals surface area contributed by atoms with E-state index in [1.807, 2.05) is 0 Å². The zero-order valence-electron chi connectivity index (χ0n) is 19.9. The second-order valence-corrected chi connectivity index (χ2v) is 9.63. The summed E-state index contributed by atoms with van der Waals surface area (Å²) in [6.07, 6.45) is -1.73. The summed E-state index contributed by atoms with van der Waals surface area (Å²) in [4.78, 5) is 36.2. The molecule has 4 rings (SSSR count). The number of anilines is 1. The Morgan fingerprint density at radius 2 is 2.00 bits per heavy atom. The van der Waals surface area contributed by atoms with E-state index in [0.29, 0.717) is 36.8 Å². The zero-order chi connectivity index (χ0) is 26.3. The van der Waals surface area contributed by atoms with Crippen LogP contribution >= 0.6 is 0 Å². The summed E-state index contributed by atoms with van der Waals surface area (Å²) in [5.41, 5.74) is -1.47. The van der Waals surface area contributed by atoms with Gasteiger partial charge in [0.05, 0.1) is 11.3 Å². The first-order valence-corrected chi connectivity index (χ1v) is 11.4. The molecule has 1 amide bonds. The molecule has 1 aliphatic rings.